The molecule has 20 heteroatoms. The van der Waals surface area contributed by atoms with E-state index in [2.05, 4.69) is 9.97 Å². The van der Waals surface area contributed by atoms with E-state index in [1.54, 1.807) is 90.9 Å². The third-order valence-corrected chi connectivity index (χ3v) is 14.4. The van der Waals surface area contributed by atoms with Crippen LogP contribution in [-0.4, -0.2) is 113 Å². The number of nitrogens with zero attached hydrogens (tertiary/aromatic N) is 7. The van der Waals surface area contributed by atoms with Gasteiger partial charge in [-0.2, -0.15) is 23.1 Å². The number of amides is 1. The number of ether oxygens (including phenoxy) is 5. The number of halogens is 7. The van der Waals surface area contributed by atoms with Gasteiger partial charge in [0.15, 0.2) is 11.6 Å². The molecule has 0 spiro atoms. The van der Waals surface area contributed by atoms with Gasteiger partial charge in [0.05, 0.1) is 61.2 Å². The van der Waals surface area contributed by atoms with Gasteiger partial charge in [-0.3, -0.25) is 9.80 Å². The Morgan fingerprint density at radius 1 is 0.915 bits per heavy atom. The van der Waals surface area contributed by atoms with Crippen molar-refractivity contribution in [1.82, 2.24) is 24.8 Å². The van der Waals surface area contributed by atoms with Crippen LogP contribution in [0.25, 0.3) is 22.2 Å². The summed E-state index contributed by atoms with van der Waals surface area (Å²) in [4.78, 5) is 34.2. The van der Waals surface area contributed by atoms with Crippen molar-refractivity contribution in [1.29, 1.82) is 0 Å². The molecule has 71 heavy (non-hydrogen) atoms. The van der Waals surface area contributed by atoms with Gasteiger partial charge in [0, 0.05) is 32.6 Å². The molecule has 10 rings (SSSR count). The minimum absolute atomic E-state index is 0.00146. The summed E-state index contributed by atoms with van der Waals surface area (Å²) in [7, 11) is 3.01. The highest BCUT2D eigenvalue weighted by molar-refractivity contribution is 5.98. The number of carbonyl (C=O) groups is 1. The SMILES string of the molecule is COc1ccc(CN(Cc2ccc(OC)cc2)c2cc(C)c(C(F)(F)F)c(-c3nc4c5c(nc(OCC67CCN6CC(F)(F)C7)nc5c3F)N3C[C@H]5CC[C@@H](C3[C@H](C)O4)N5C(=O)OC(C)(C)C)c2F)cc1. The van der Waals surface area contributed by atoms with E-state index in [0.717, 1.165) is 6.07 Å². The fourth-order valence-corrected chi connectivity index (χ4v) is 11.2. The molecule has 7 heterocycles. The highest BCUT2D eigenvalue weighted by atomic mass is 19.4. The van der Waals surface area contributed by atoms with Gasteiger partial charge < -0.3 is 33.5 Å². The van der Waals surface area contributed by atoms with Crippen molar-refractivity contribution in [3.8, 4) is 34.6 Å². The normalized spacial score (nSPS) is 23.4. The quantitative estimate of drug-likeness (QED) is 0.117. The minimum Gasteiger partial charge on any atom is -0.497 e. The maximum atomic E-state index is 18.0. The fraction of sp³-hybridized carbons (Fsp3) is 0.490. The molecule has 2 aromatic heterocycles. The smallest absolute Gasteiger partial charge is 0.417 e. The van der Waals surface area contributed by atoms with E-state index < -0.39 is 112 Å². The summed E-state index contributed by atoms with van der Waals surface area (Å²) in [6.07, 6.45) is -5.66. The number of alkyl halides is 5. The number of hydrogen-bond acceptors (Lipinski definition) is 12. The molecular formula is C51H54F7N7O6. The highest BCUT2D eigenvalue weighted by Gasteiger charge is 2.60. The molecule has 2 bridgehead atoms. The van der Waals surface area contributed by atoms with E-state index in [-0.39, 0.29) is 49.0 Å². The number of hydrogen-bond donors (Lipinski definition) is 0. The Labute approximate surface area is 405 Å². The number of aryl methyl sites for hydroxylation is 1. The number of carbonyl (C=O) groups excluding carboxylic acids is 1. The molecule has 13 nitrogen and oxygen atoms in total. The summed E-state index contributed by atoms with van der Waals surface area (Å²) in [5.74, 6) is -5.02. The largest absolute Gasteiger partial charge is 0.497 e. The van der Waals surface area contributed by atoms with Gasteiger partial charge in [0.1, 0.15) is 52.2 Å². The van der Waals surface area contributed by atoms with Crippen LogP contribution in [0.3, 0.4) is 0 Å². The standard InChI is InChI=1S/C51H54F7N7O6/c1-27-20-35(62(21-29-8-13-32(67-6)14-9-29)22-30-10-15-33(68-7)16-11-30)39(52)36(38(27)51(56,57)58)41-40(53)42-37-44(61-46(60-42)69-26-49-18-19-63(49)25-50(54,55)24-49)64-23-31-12-17-34(43(64)28(2)70-45(37)59-41)65(31)47(66)71-48(3,4)5/h8-11,13-16,20,28,31,34,43H,12,17-19,21-26H2,1-7H3/t28-,31+,34-,43?,49?/m0/s1. The number of anilines is 2. The average Bonchev–Trinajstić information content (AvgIpc) is 3.66. The Bertz CT molecular complexity index is 2830. The van der Waals surface area contributed by atoms with Crippen LogP contribution in [0.2, 0.25) is 0 Å². The Hall–Kier alpha value is -6.31. The molecule has 378 valence electrons. The summed E-state index contributed by atoms with van der Waals surface area (Å²) in [5.41, 5.74) is -5.49. The maximum Gasteiger partial charge on any atom is 0.417 e. The Morgan fingerprint density at radius 3 is 2.13 bits per heavy atom. The molecular weight excluding hydrogens is 940 g/mol. The van der Waals surface area contributed by atoms with Crippen LogP contribution in [0.15, 0.2) is 54.6 Å². The predicted molar refractivity (Wildman–Crippen MR) is 248 cm³/mol. The number of methoxy groups -OCH3 is 2. The van der Waals surface area contributed by atoms with Gasteiger partial charge in [-0.05, 0) is 101 Å². The molecule has 4 fully saturated rings. The molecule has 0 radical (unpaired) electrons. The van der Waals surface area contributed by atoms with Crippen LogP contribution in [-0.2, 0) is 24.0 Å². The molecule has 0 saturated carbocycles. The van der Waals surface area contributed by atoms with E-state index in [0.29, 0.717) is 48.4 Å². The molecule has 5 aliphatic heterocycles. The lowest BCUT2D eigenvalue weighted by molar-refractivity contribution is -0.137. The summed E-state index contributed by atoms with van der Waals surface area (Å²) in [6.45, 7) is 7.96. The predicted octanol–water partition coefficient (Wildman–Crippen LogP) is 10.1. The van der Waals surface area contributed by atoms with Crippen molar-refractivity contribution in [3.05, 3.63) is 88.5 Å². The molecule has 0 aliphatic carbocycles. The van der Waals surface area contributed by atoms with Crippen LogP contribution in [0, 0.1) is 18.6 Å². The Balaban J connectivity index is 1.15. The van der Waals surface area contributed by atoms with Crippen LogP contribution in [0.1, 0.15) is 75.6 Å². The van der Waals surface area contributed by atoms with Crippen LogP contribution in [0.5, 0.6) is 23.4 Å². The molecule has 5 atom stereocenters. The van der Waals surface area contributed by atoms with E-state index in [1.807, 2.05) is 4.90 Å². The lowest BCUT2D eigenvalue weighted by Crippen LogP contribution is -2.65. The minimum atomic E-state index is -5.23. The second-order valence-corrected chi connectivity index (χ2v) is 20.3. The van der Waals surface area contributed by atoms with Crippen molar-refractivity contribution >= 4 is 28.5 Å². The number of piperazine rings is 1. The lowest BCUT2D eigenvalue weighted by atomic mass is 9.85. The van der Waals surface area contributed by atoms with Gasteiger partial charge in [-0.25, -0.2) is 27.3 Å². The first kappa shape index (κ1) is 48.3. The van der Waals surface area contributed by atoms with Crippen molar-refractivity contribution < 1.29 is 59.2 Å². The highest BCUT2D eigenvalue weighted by Crippen LogP contribution is 2.51. The molecule has 1 amide bonds. The van der Waals surface area contributed by atoms with Gasteiger partial charge in [0.2, 0.25) is 5.88 Å². The zero-order valence-electron chi connectivity index (χ0n) is 40.3. The maximum absolute atomic E-state index is 18.0. The van der Waals surface area contributed by atoms with Gasteiger partial charge >= 0.3 is 18.3 Å². The van der Waals surface area contributed by atoms with Crippen LogP contribution >= 0.6 is 0 Å². The van der Waals surface area contributed by atoms with Gasteiger partial charge in [-0.1, -0.05) is 24.3 Å². The van der Waals surface area contributed by atoms with E-state index in [4.69, 9.17) is 28.7 Å². The van der Waals surface area contributed by atoms with Crippen molar-refractivity contribution in [2.75, 3.05) is 50.3 Å². The molecule has 5 aliphatic rings. The third-order valence-electron chi connectivity index (χ3n) is 14.4. The number of aromatic nitrogens is 3. The summed E-state index contributed by atoms with van der Waals surface area (Å²) < 4.78 is 141. The van der Waals surface area contributed by atoms with Crippen molar-refractivity contribution in [2.24, 2.45) is 0 Å². The molecule has 5 aromatic rings. The topological polar surface area (TPSA) is 115 Å². The summed E-state index contributed by atoms with van der Waals surface area (Å²) in [6, 6.07) is 12.8. The second-order valence-electron chi connectivity index (χ2n) is 20.3. The number of benzene rings is 3. The van der Waals surface area contributed by atoms with E-state index in [9.17, 15) is 13.6 Å². The summed E-state index contributed by atoms with van der Waals surface area (Å²) in [5, 5.41) is -0.114. The first-order chi connectivity index (χ1) is 33.6. The van der Waals surface area contributed by atoms with E-state index >= 15 is 22.0 Å². The molecule has 3 aromatic carbocycles. The average molecular weight is 994 g/mol. The number of fused-ring (bicyclic) bond motifs is 6. The monoisotopic (exact) mass is 993 g/mol. The van der Waals surface area contributed by atoms with Crippen molar-refractivity contribution in [3.63, 3.8) is 0 Å². The number of pyridine rings is 1. The Morgan fingerprint density at radius 2 is 1.56 bits per heavy atom. The molecule has 2 unspecified atom stereocenters. The van der Waals surface area contributed by atoms with Crippen molar-refractivity contribution in [2.45, 2.75) is 121 Å². The van der Waals surface area contributed by atoms with Gasteiger partial charge in [-0.15, -0.1) is 0 Å². The zero-order valence-corrected chi connectivity index (χ0v) is 40.3. The first-order valence-corrected chi connectivity index (χ1v) is 23.6. The molecule has 0 N–H and O–H groups in total. The summed E-state index contributed by atoms with van der Waals surface area (Å²) >= 11 is 0. The van der Waals surface area contributed by atoms with Gasteiger partial charge in [0.25, 0.3) is 5.92 Å². The fourth-order valence-electron chi connectivity index (χ4n) is 11.2. The Kier molecular flexibility index (Phi) is 11.9. The lowest BCUT2D eigenvalue weighted by Gasteiger charge is -2.48. The van der Waals surface area contributed by atoms with E-state index in [1.165, 1.54) is 21.1 Å². The van der Waals surface area contributed by atoms with Crippen LogP contribution < -0.4 is 28.7 Å². The zero-order chi connectivity index (χ0) is 50.5. The van der Waals surface area contributed by atoms with Crippen LogP contribution in [0.4, 0.5) is 47.0 Å². The first-order valence-electron chi connectivity index (χ1n) is 23.6. The number of rotatable bonds is 11. The molecule has 4 saturated heterocycles. The second kappa shape index (κ2) is 17.5. The third kappa shape index (κ3) is 8.72.